The van der Waals surface area contributed by atoms with Crippen LogP contribution in [0.3, 0.4) is 0 Å². The molecule has 0 saturated heterocycles. The number of carbonyl (C=O) groups is 1. The number of methoxy groups -OCH3 is 1. The van der Waals surface area contributed by atoms with Crippen LogP contribution in [0, 0.1) is 6.92 Å². The summed E-state index contributed by atoms with van der Waals surface area (Å²) < 4.78 is 16.4. The minimum atomic E-state index is -0.272. The molecule has 2 aromatic carbocycles. The molecule has 0 bridgehead atoms. The van der Waals surface area contributed by atoms with Crippen LogP contribution in [0.1, 0.15) is 16.2 Å². The van der Waals surface area contributed by atoms with Gasteiger partial charge in [0, 0.05) is 16.8 Å². The number of H-pyrrole nitrogens is 1. The standard InChI is InChI=1S/C19H18N4O4/c1-11-20-18(23-22-11)12-3-5-14(6-4-12)21-19(24)13-9-15(25-2)17-16(10-13)26-7-8-27-17/h3-6,9-10H,7-8H2,1-2H3,(H,21,24)(H,20,22,23). The SMILES string of the molecule is COc1cc(C(=O)Nc2ccc(-c3n[nH]c(C)n3)cc2)cc2c1OCCO2. The van der Waals surface area contributed by atoms with Crippen LogP contribution in [0.4, 0.5) is 5.69 Å². The number of aromatic amines is 1. The van der Waals surface area contributed by atoms with Gasteiger partial charge < -0.3 is 19.5 Å². The van der Waals surface area contributed by atoms with Gasteiger partial charge in [-0.15, -0.1) is 0 Å². The highest BCUT2D eigenvalue weighted by Gasteiger charge is 2.21. The topological polar surface area (TPSA) is 98.4 Å². The Bertz CT molecular complexity index is 965. The number of carbonyl (C=O) groups excluding carboxylic acids is 1. The molecular formula is C19H18N4O4. The van der Waals surface area contributed by atoms with E-state index in [1.807, 2.05) is 19.1 Å². The van der Waals surface area contributed by atoms with Gasteiger partial charge in [0.05, 0.1) is 7.11 Å². The predicted octanol–water partition coefficient (Wildman–Crippen LogP) is 2.81. The summed E-state index contributed by atoms with van der Waals surface area (Å²) in [7, 11) is 1.53. The number of ether oxygens (including phenoxy) is 3. The van der Waals surface area contributed by atoms with Crippen LogP contribution in [-0.4, -0.2) is 41.4 Å². The monoisotopic (exact) mass is 366 g/mol. The summed E-state index contributed by atoms with van der Waals surface area (Å²) in [5.74, 6) is 2.57. The number of hydrogen-bond donors (Lipinski definition) is 2. The third-order valence-corrected chi connectivity index (χ3v) is 4.09. The summed E-state index contributed by atoms with van der Waals surface area (Å²) in [6, 6.07) is 10.6. The quantitative estimate of drug-likeness (QED) is 0.737. The van der Waals surface area contributed by atoms with Crippen molar-refractivity contribution in [3.8, 4) is 28.6 Å². The third kappa shape index (κ3) is 3.41. The van der Waals surface area contributed by atoms with Crippen LogP contribution in [0.15, 0.2) is 36.4 Å². The molecule has 4 rings (SSSR count). The molecule has 1 aliphatic rings. The Labute approximate surface area is 155 Å². The van der Waals surface area contributed by atoms with Crippen LogP contribution >= 0.6 is 0 Å². The number of fused-ring (bicyclic) bond motifs is 1. The van der Waals surface area contributed by atoms with E-state index in [4.69, 9.17) is 14.2 Å². The van der Waals surface area contributed by atoms with Crippen molar-refractivity contribution < 1.29 is 19.0 Å². The fraction of sp³-hybridized carbons (Fsp3) is 0.211. The van der Waals surface area contributed by atoms with Gasteiger partial charge in [0.1, 0.15) is 19.0 Å². The second-order valence-electron chi connectivity index (χ2n) is 5.98. The van der Waals surface area contributed by atoms with Gasteiger partial charge in [-0.05, 0) is 43.3 Å². The Morgan fingerprint density at radius 1 is 1.19 bits per heavy atom. The van der Waals surface area contributed by atoms with E-state index in [1.165, 1.54) is 7.11 Å². The Kier molecular flexibility index (Phi) is 4.37. The lowest BCUT2D eigenvalue weighted by atomic mass is 10.1. The normalized spacial score (nSPS) is 12.5. The zero-order valence-corrected chi connectivity index (χ0v) is 14.9. The first-order chi connectivity index (χ1) is 13.1. The Morgan fingerprint density at radius 3 is 2.67 bits per heavy atom. The van der Waals surface area contributed by atoms with Crippen molar-refractivity contribution in [1.29, 1.82) is 0 Å². The van der Waals surface area contributed by atoms with Crippen LogP contribution in [0.2, 0.25) is 0 Å². The summed E-state index contributed by atoms with van der Waals surface area (Å²) in [5, 5.41) is 9.79. The molecule has 2 heterocycles. The molecule has 0 radical (unpaired) electrons. The highest BCUT2D eigenvalue weighted by Crippen LogP contribution is 2.40. The van der Waals surface area contributed by atoms with Gasteiger partial charge in [-0.1, -0.05) is 0 Å². The summed E-state index contributed by atoms with van der Waals surface area (Å²) in [5.41, 5.74) is 1.94. The number of nitrogens with zero attached hydrogens (tertiary/aromatic N) is 2. The van der Waals surface area contributed by atoms with Crippen molar-refractivity contribution in [2.24, 2.45) is 0 Å². The fourth-order valence-corrected chi connectivity index (χ4v) is 2.78. The van der Waals surface area contributed by atoms with Gasteiger partial charge in [0.25, 0.3) is 5.91 Å². The number of benzene rings is 2. The molecular weight excluding hydrogens is 348 g/mol. The average Bonchev–Trinajstić information content (AvgIpc) is 3.14. The average molecular weight is 366 g/mol. The lowest BCUT2D eigenvalue weighted by Gasteiger charge is -2.21. The minimum Gasteiger partial charge on any atom is -0.493 e. The first-order valence-corrected chi connectivity index (χ1v) is 8.42. The third-order valence-electron chi connectivity index (χ3n) is 4.09. The van der Waals surface area contributed by atoms with E-state index >= 15 is 0 Å². The van der Waals surface area contributed by atoms with E-state index in [1.54, 1.807) is 24.3 Å². The van der Waals surface area contributed by atoms with E-state index in [0.717, 1.165) is 11.4 Å². The largest absolute Gasteiger partial charge is 0.493 e. The van der Waals surface area contributed by atoms with Crippen molar-refractivity contribution in [2.45, 2.75) is 6.92 Å². The molecule has 0 spiro atoms. The Balaban J connectivity index is 1.54. The summed E-state index contributed by atoms with van der Waals surface area (Å²) in [6.07, 6.45) is 0. The van der Waals surface area contributed by atoms with E-state index in [-0.39, 0.29) is 5.91 Å². The van der Waals surface area contributed by atoms with Gasteiger partial charge in [-0.2, -0.15) is 5.10 Å². The van der Waals surface area contributed by atoms with Gasteiger partial charge in [-0.25, -0.2) is 4.98 Å². The number of aromatic nitrogens is 3. The minimum absolute atomic E-state index is 0.272. The maximum Gasteiger partial charge on any atom is 0.255 e. The molecule has 3 aromatic rings. The van der Waals surface area contributed by atoms with Crippen molar-refractivity contribution in [3.63, 3.8) is 0 Å². The van der Waals surface area contributed by atoms with Crippen molar-refractivity contribution >= 4 is 11.6 Å². The van der Waals surface area contributed by atoms with E-state index in [0.29, 0.717) is 47.5 Å². The number of nitrogens with one attached hydrogen (secondary N) is 2. The molecule has 8 nitrogen and oxygen atoms in total. The number of aryl methyl sites for hydroxylation is 1. The zero-order valence-electron chi connectivity index (χ0n) is 14.9. The predicted molar refractivity (Wildman–Crippen MR) is 98.5 cm³/mol. The molecule has 0 aliphatic carbocycles. The number of hydrogen-bond acceptors (Lipinski definition) is 6. The van der Waals surface area contributed by atoms with Gasteiger partial charge >= 0.3 is 0 Å². The highest BCUT2D eigenvalue weighted by atomic mass is 16.6. The van der Waals surface area contributed by atoms with Gasteiger partial charge in [-0.3, -0.25) is 9.89 Å². The summed E-state index contributed by atoms with van der Waals surface area (Å²) in [4.78, 5) is 16.9. The van der Waals surface area contributed by atoms with Crippen molar-refractivity contribution in [3.05, 3.63) is 47.8 Å². The lowest BCUT2D eigenvalue weighted by molar-refractivity contribution is 0.102. The van der Waals surface area contributed by atoms with Crippen LogP contribution in [0.25, 0.3) is 11.4 Å². The number of rotatable bonds is 4. The lowest BCUT2D eigenvalue weighted by Crippen LogP contribution is -2.18. The van der Waals surface area contributed by atoms with Gasteiger partial charge in [0.2, 0.25) is 5.75 Å². The summed E-state index contributed by atoms with van der Waals surface area (Å²) >= 11 is 0. The fourth-order valence-electron chi connectivity index (χ4n) is 2.78. The number of anilines is 1. The van der Waals surface area contributed by atoms with Crippen molar-refractivity contribution in [1.82, 2.24) is 15.2 Å². The molecule has 8 heteroatoms. The first-order valence-electron chi connectivity index (χ1n) is 8.42. The molecule has 0 unspecified atom stereocenters. The molecule has 2 N–H and O–H groups in total. The second-order valence-corrected chi connectivity index (χ2v) is 5.98. The highest BCUT2D eigenvalue weighted by molar-refractivity contribution is 6.05. The molecule has 27 heavy (non-hydrogen) atoms. The second kappa shape index (κ2) is 6.99. The molecule has 1 aliphatic heterocycles. The van der Waals surface area contributed by atoms with E-state index < -0.39 is 0 Å². The van der Waals surface area contributed by atoms with Crippen LogP contribution in [0.5, 0.6) is 17.2 Å². The Morgan fingerprint density at radius 2 is 1.96 bits per heavy atom. The molecule has 138 valence electrons. The number of amides is 1. The molecule has 0 fully saturated rings. The molecule has 0 atom stereocenters. The van der Waals surface area contributed by atoms with E-state index in [2.05, 4.69) is 20.5 Å². The smallest absolute Gasteiger partial charge is 0.255 e. The molecule has 1 aromatic heterocycles. The molecule has 0 saturated carbocycles. The first kappa shape index (κ1) is 16.9. The van der Waals surface area contributed by atoms with Crippen molar-refractivity contribution in [2.75, 3.05) is 25.6 Å². The maximum atomic E-state index is 12.6. The molecule has 1 amide bonds. The maximum absolute atomic E-state index is 12.6. The zero-order chi connectivity index (χ0) is 18.8. The van der Waals surface area contributed by atoms with Crippen LogP contribution in [-0.2, 0) is 0 Å². The summed E-state index contributed by atoms with van der Waals surface area (Å²) in [6.45, 7) is 2.72. The van der Waals surface area contributed by atoms with Crippen LogP contribution < -0.4 is 19.5 Å². The van der Waals surface area contributed by atoms with E-state index in [9.17, 15) is 4.79 Å². The Hall–Kier alpha value is -3.55. The van der Waals surface area contributed by atoms with Gasteiger partial charge in [0.15, 0.2) is 17.3 Å².